The predicted molar refractivity (Wildman–Crippen MR) is 55.2 cm³/mol. The van der Waals surface area contributed by atoms with Gasteiger partial charge in [-0.25, -0.2) is 0 Å². The number of rotatable bonds is 5. The van der Waals surface area contributed by atoms with Crippen molar-refractivity contribution in [1.82, 2.24) is 5.32 Å². The van der Waals surface area contributed by atoms with E-state index >= 15 is 0 Å². The zero-order valence-electron chi connectivity index (χ0n) is 8.38. The van der Waals surface area contributed by atoms with Gasteiger partial charge < -0.3 is 10.1 Å². The van der Waals surface area contributed by atoms with Crippen molar-refractivity contribution < 1.29 is 4.74 Å². The molecule has 0 spiro atoms. The summed E-state index contributed by atoms with van der Waals surface area (Å²) in [6.45, 7) is 7.59. The summed E-state index contributed by atoms with van der Waals surface area (Å²) in [6.07, 6.45) is 7.23. The highest BCUT2D eigenvalue weighted by Crippen LogP contribution is 2.28. The third kappa shape index (κ3) is 2.79. The summed E-state index contributed by atoms with van der Waals surface area (Å²) in [5.74, 6) is 1.35. The lowest BCUT2D eigenvalue weighted by molar-refractivity contribution is 0.244. The maximum atomic E-state index is 4.99. The fourth-order valence-electron chi connectivity index (χ4n) is 1.93. The summed E-state index contributed by atoms with van der Waals surface area (Å²) in [4.78, 5) is 0. The van der Waals surface area contributed by atoms with E-state index in [1.54, 1.807) is 7.11 Å². The first kappa shape index (κ1) is 10.2. The molecule has 1 N–H and O–H groups in total. The molecule has 2 heteroatoms. The van der Waals surface area contributed by atoms with E-state index in [-0.39, 0.29) is 0 Å². The molecule has 1 fully saturated rings. The van der Waals surface area contributed by atoms with Crippen molar-refractivity contribution in [3.05, 3.63) is 25.1 Å². The molecule has 0 saturated heterocycles. The monoisotopic (exact) mass is 181 g/mol. The second-order valence-electron chi connectivity index (χ2n) is 3.58. The second kappa shape index (κ2) is 4.95. The van der Waals surface area contributed by atoms with Gasteiger partial charge in [0.15, 0.2) is 5.88 Å². The van der Waals surface area contributed by atoms with Gasteiger partial charge in [-0.2, -0.15) is 0 Å². The Morgan fingerprint density at radius 3 is 2.62 bits per heavy atom. The molecule has 0 aliphatic heterocycles. The molecule has 1 rings (SSSR count). The van der Waals surface area contributed by atoms with Crippen molar-refractivity contribution in [3.63, 3.8) is 0 Å². The summed E-state index contributed by atoms with van der Waals surface area (Å²) < 4.78 is 4.99. The summed E-state index contributed by atoms with van der Waals surface area (Å²) in [5.41, 5.74) is 0. The first-order valence-electron chi connectivity index (χ1n) is 4.90. The molecule has 0 aromatic rings. The molecule has 74 valence electrons. The third-order valence-corrected chi connectivity index (χ3v) is 2.74. The van der Waals surface area contributed by atoms with Gasteiger partial charge in [0, 0.05) is 6.04 Å². The molecule has 0 aromatic carbocycles. The zero-order valence-corrected chi connectivity index (χ0v) is 8.38. The van der Waals surface area contributed by atoms with Crippen LogP contribution in [0.2, 0.25) is 0 Å². The van der Waals surface area contributed by atoms with Crippen LogP contribution in [0.3, 0.4) is 0 Å². The van der Waals surface area contributed by atoms with Crippen LogP contribution in [0.1, 0.15) is 25.7 Å². The topological polar surface area (TPSA) is 21.3 Å². The fraction of sp³-hybridized carbons (Fsp3) is 0.636. The number of nitrogens with one attached hydrogen (secondary N) is 1. The van der Waals surface area contributed by atoms with Crippen LogP contribution >= 0.6 is 0 Å². The highest BCUT2D eigenvalue weighted by molar-refractivity contribution is 4.98. The van der Waals surface area contributed by atoms with Crippen LogP contribution in [0.15, 0.2) is 25.1 Å². The average Bonchev–Trinajstić information content (AvgIpc) is 2.66. The minimum atomic E-state index is 0.329. The van der Waals surface area contributed by atoms with E-state index in [9.17, 15) is 0 Å². The lowest BCUT2D eigenvalue weighted by Crippen LogP contribution is -2.32. The van der Waals surface area contributed by atoms with Crippen molar-refractivity contribution in [2.45, 2.75) is 31.7 Å². The standard InChI is InChI=1S/C11H19NO/c1-4-11(12-9(2)13-3)10-7-5-6-8-10/h4,10-12H,1-2,5-8H2,3H3. The van der Waals surface area contributed by atoms with E-state index in [0.717, 1.165) is 0 Å². The van der Waals surface area contributed by atoms with E-state index in [2.05, 4.69) is 18.5 Å². The molecule has 0 amide bonds. The Bertz CT molecular complexity index is 183. The van der Waals surface area contributed by atoms with Gasteiger partial charge in [0.1, 0.15) is 0 Å². The number of hydrogen-bond acceptors (Lipinski definition) is 2. The molecule has 1 aliphatic carbocycles. The average molecular weight is 181 g/mol. The van der Waals surface area contributed by atoms with Crippen molar-refractivity contribution >= 4 is 0 Å². The minimum Gasteiger partial charge on any atom is -0.483 e. The molecular weight excluding hydrogens is 162 g/mol. The van der Waals surface area contributed by atoms with E-state index in [1.165, 1.54) is 25.7 Å². The van der Waals surface area contributed by atoms with Gasteiger partial charge in [0.25, 0.3) is 0 Å². The summed E-state index contributed by atoms with van der Waals surface area (Å²) >= 11 is 0. The number of ether oxygens (including phenoxy) is 1. The summed E-state index contributed by atoms with van der Waals surface area (Å²) in [7, 11) is 1.63. The first-order valence-corrected chi connectivity index (χ1v) is 4.90. The molecular formula is C11H19NO. The van der Waals surface area contributed by atoms with Crippen LogP contribution in [0.4, 0.5) is 0 Å². The third-order valence-electron chi connectivity index (χ3n) is 2.74. The molecule has 1 unspecified atom stereocenters. The molecule has 1 aliphatic rings. The van der Waals surface area contributed by atoms with Crippen molar-refractivity contribution in [1.29, 1.82) is 0 Å². The van der Waals surface area contributed by atoms with E-state index in [0.29, 0.717) is 17.8 Å². The van der Waals surface area contributed by atoms with Crippen LogP contribution in [0.5, 0.6) is 0 Å². The van der Waals surface area contributed by atoms with Gasteiger partial charge >= 0.3 is 0 Å². The van der Waals surface area contributed by atoms with Gasteiger partial charge in [-0.3, -0.25) is 0 Å². The fourth-order valence-corrected chi connectivity index (χ4v) is 1.93. The quantitative estimate of drug-likeness (QED) is 0.519. The summed E-state index contributed by atoms with van der Waals surface area (Å²) in [5, 5.41) is 3.22. The Labute approximate surface area is 80.7 Å². The predicted octanol–water partition coefficient (Wildman–Crippen LogP) is 2.44. The van der Waals surface area contributed by atoms with Gasteiger partial charge in [0.2, 0.25) is 0 Å². The van der Waals surface area contributed by atoms with Gasteiger partial charge in [-0.05, 0) is 25.3 Å². The van der Waals surface area contributed by atoms with Crippen LogP contribution in [-0.2, 0) is 4.74 Å². The van der Waals surface area contributed by atoms with Crippen LogP contribution in [-0.4, -0.2) is 13.2 Å². The molecule has 0 aromatic heterocycles. The molecule has 1 saturated carbocycles. The van der Waals surface area contributed by atoms with Gasteiger partial charge in [-0.1, -0.05) is 18.9 Å². The van der Waals surface area contributed by atoms with Crippen molar-refractivity contribution in [3.8, 4) is 0 Å². The Balaban J connectivity index is 2.41. The second-order valence-corrected chi connectivity index (χ2v) is 3.58. The van der Waals surface area contributed by atoms with Crippen LogP contribution < -0.4 is 5.32 Å². The SMILES string of the molecule is C=CC(NC(=C)OC)C1CCCC1. The number of methoxy groups -OCH3 is 1. The Hall–Kier alpha value is -0.920. The zero-order chi connectivity index (χ0) is 9.68. The lowest BCUT2D eigenvalue weighted by atomic mass is 9.98. The van der Waals surface area contributed by atoms with E-state index in [1.807, 2.05) is 6.08 Å². The Kier molecular flexibility index (Phi) is 3.87. The van der Waals surface area contributed by atoms with Crippen molar-refractivity contribution in [2.24, 2.45) is 5.92 Å². The number of hydrogen-bond donors (Lipinski definition) is 1. The molecule has 1 atom stereocenters. The highest BCUT2D eigenvalue weighted by Gasteiger charge is 2.22. The van der Waals surface area contributed by atoms with Crippen LogP contribution in [0.25, 0.3) is 0 Å². The minimum absolute atomic E-state index is 0.329. The smallest absolute Gasteiger partial charge is 0.179 e. The lowest BCUT2D eigenvalue weighted by Gasteiger charge is -2.22. The van der Waals surface area contributed by atoms with Gasteiger partial charge in [-0.15, -0.1) is 6.58 Å². The van der Waals surface area contributed by atoms with Gasteiger partial charge in [0.05, 0.1) is 7.11 Å². The first-order chi connectivity index (χ1) is 6.27. The Morgan fingerprint density at radius 1 is 1.54 bits per heavy atom. The molecule has 13 heavy (non-hydrogen) atoms. The molecule has 2 nitrogen and oxygen atoms in total. The van der Waals surface area contributed by atoms with E-state index < -0.39 is 0 Å². The molecule has 0 heterocycles. The van der Waals surface area contributed by atoms with E-state index in [4.69, 9.17) is 4.74 Å². The normalized spacial score (nSPS) is 19.5. The molecule has 0 radical (unpaired) electrons. The van der Waals surface area contributed by atoms with Crippen LogP contribution in [0, 0.1) is 5.92 Å². The summed E-state index contributed by atoms with van der Waals surface area (Å²) in [6, 6.07) is 0.329. The largest absolute Gasteiger partial charge is 0.483 e. The highest BCUT2D eigenvalue weighted by atomic mass is 16.5. The maximum absolute atomic E-state index is 4.99. The molecule has 0 bridgehead atoms. The maximum Gasteiger partial charge on any atom is 0.179 e. The Morgan fingerprint density at radius 2 is 2.15 bits per heavy atom. The van der Waals surface area contributed by atoms with Crippen molar-refractivity contribution in [2.75, 3.05) is 7.11 Å².